The molecule has 2 aliphatic heterocycles. The van der Waals surface area contributed by atoms with Gasteiger partial charge in [0, 0.05) is 18.1 Å². The number of fused-ring (bicyclic) bond motifs is 3. The summed E-state index contributed by atoms with van der Waals surface area (Å²) in [6, 6.07) is 8.30. The molecule has 32 heavy (non-hydrogen) atoms. The van der Waals surface area contributed by atoms with Gasteiger partial charge in [-0.15, -0.1) is 0 Å². The highest BCUT2D eigenvalue weighted by molar-refractivity contribution is 7.85. The molecule has 6 rings (SSSR count). The summed E-state index contributed by atoms with van der Waals surface area (Å²) in [6.45, 7) is 1.80. The van der Waals surface area contributed by atoms with Gasteiger partial charge in [0.1, 0.15) is 15.7 Å². The number of aromatic nitrogens is 2. The van der Waals surface area contributed by atoms with Crippen LogP contribution in [0.4, 0.5) is 11.8 Å². The number of benzene rings is 1. The summed E-state index contributed by atoms with van der Waals surface area (Å²) in [5.41, 5.74) is 0.986. The van der Waals surface area contributed by atoms with Crippen molar-refractivity contribution in [3.05, 3.63) is 34.9 Å². The van der Waals surface area contributed by atoms with E-state index in [1.165, 1.54) is 18.4 Å². The fraction of sp³-hybridized carbons (Fsp3) is 0.565. The standard InChI is InChI=1S/C23H27ClN4O3S/c24-17-6-4-14(5-7-17)18-15-2-3-16(18)11-28(10-15)22-25-20(27-23(12-29)8-1-9-23)19-21(26-22)31-13-32(19)30/h4-7,15-16,18,29H,1-3,8-13H2,(H,25,26,27). The lowest BCUT2D eigenvalue weighted by Gasteiger charge is -2.42. The van der Waals surface area contributed by atoms with E-state index in [-0.39, 0.29) is 18.1 Å². The Morgan fingerprint density at radius 2 is 1.91 bits per heavy atom. The van der Waals surface area contributed by atoms with Gasteiger partial charge in [0.15, 0.2) is 11.8 Å². The SMILES string of the molecule is O=S1COc2nc(N3CC4CCC(C3)C4c3ccc(Cl)cc3)nc(NC3(CO)CCC3)c21. The van der Waals surface area contributed by atoms with Crippen LogP contribution in [0.2, 0.25) is 5.02 Å². The largest absolute Gasteiger partial charge is 0.463 e. The highest BCUT2D eigenvalue weighted by Crippen LogP contribution is 2.49. The quantitative estimate of drug-likeness (QED) is 0.685. The molecule has 1 aromatic heterocycles. The second kappa shape index (κ2) is 7.85. The summed E-state index contributed by atoms with van der Waals surface area (Å²) in [6.07, 6.45) is 5.20. The lowest BCUT2D eigenvalue weighted by Crippen LogP contribution is -2.49. The Morgan fingerprint density at radius 1 is 1.19 bits per heavy atom. The summed E-state index contributed by atoms with van der Waals surface area (Å²) in [5, 5.41) is 14.1. The van der Waals surface area contributed by atoms with Gasteiger partial charge in [0.05, 0.1) is 12.1 Å². The van der Waals surface area contributed by atoms with E-state index in [0.29, 0.717) is 40.3 Å². The number of rotatable bonds is 5. The topological polar surface area (TPSA) is 87.6 Å². The van der Waals surface area contributed by atoms with Gasteiger partial charge >= 0.3 is 0 Å². The average Bonchev–Trinajstić information content (AvgIpc) is 3.27. The van der Waals surface area contributed by atoms with Crippen LogP contribution in [0, 0.1) is 11.8 Å². The van der Waals surface area contributed by atoms with Gasteiger partial charge in [0.2, 0.25) is 11.8 Å². The van der Waals surface area contributed by atoms with E-state index in [2.05, 4.69) is 27.3 Å². The highest BCUT2D eigenvalue weighted by Gasteiger charge is 2.44. The molecule has 3 atom stereocenters. The number of halogens is 1. The maximum absolute atomic E-state index is 12.6. The number of aliphatic hydroxyl groups is 1. The number of anilines is 2. The zero-order chi connectivity index (χ0) is 21.9. The van der Waals surface area contributed by atoms with Crippen molar-refractivity contribution in [2.24, 2.45) is 11.8 Å². The normalized spacial score (nSPS) is 29.9. The minimum atomic E-state index is -1.29. The number of nitrogens with one attached hydrogen (secondary N) is 1. The molecule has 4 aliphatic rings. The first-order valence-corrected chi connectivity index (χ1v) is 13.1. The Morgan fingerprint density at radius 3 is 2.53 bits per heavy atom. The highest BCUT2D eigenvalue weighted by atomic mass is 35.5. The van der Waals surface area contributed by atoms with E-state index in [1.807, 2.05) is 12.1 Å². The molecule has 170 valence electrons. The predicted octanol–water partition coefficient (Wildman–Crippen LogP) is 3.54. The number of ether oxygens (including phenoxy) is 1. The number of hydrogen-bond acceptors (Lipinski definition) is 7. The monoisotopic (exact) mass is 474 g/mol. The third-order valence-corrected chi connectivity index (χ3v) is 9.13. The van der Waals surface area contributed by atoms with E-state index >= 15 is 0 Å². The molecule has 2 aliphatic carbocycles. The maximum Gasteiger partial charge on any atom is 0.238 e. The van der Waals surface area contributed by atoms with Crippen LogP contribution in [-0.4, -0.2) is 50.5 Å². The Kier molecular flexibility index (Phi) is 5.08. The number of nitrogens with zero attached hydrogens (tertiary/aromatic N) is 3. The van der Waals surface area contributed by atoms with Crippen LogP contribution in [0.3, 0.4) is 0 Å². The molecule has 7 nitrogen and oxygen atoms in total. The first kappa shape index (κ1) is 20.7. The van der Waals surface area contributed by atoms with E-state index in [1.54, 1.807) is 0 Å². The second-order valence-electron chi connectivity index (χ2n) is 9.61. The van der Waals surface area contributed by atoms with E-state index in [4.69, 9.17) is 21.3 Å². The molecule has 3 unspecified atom stereocenters. The Labute approximate surface area is 195 Å². The smallest absolute Gasteiger partial charge is 0.238 e. The van der Waals surface area contributed by atoms with Crippen molar-refractivity contribution < 1.29 is 14.1 Å². The molecule has 1 saturated heterocycles. The van der Waals surface area contributed by atoms with Gasteiger partial charge in [-0.2, -0.15) is 9.97 Å². The zero-order valence-electron chi connectivity index (χ0n) is 17.8. The van der Waals surface area contributed by atoms with Crippen molar-refractivity contribution in [2.45, 2.75) is 48.5 Å². The van der Waals surface area contributed by atoms with Crippen LogP contribution in [0.1, 0.15) is 43.6 Å². The summed E-state index contributed by atoms with van der Waals surface area (Å²) in [4.78, 5) is 12.3. The predicted molar refractivity (Wildman–Crippen MR) is 124 cm³/mol. The van der Waals surface area contributed by atoms with Gasteiger partial charge in [-0.3, -0.25) is 4.21 Å². The summed E-state index contributed by atoms with van der Waals surface area (Å²) in [7, 11) is -1.29. The fourth-order valence-electron chi connectivity index (χ4n) is 5.91. The Balaban J connectivity index is 1.30. The molecule has 3 fully saturated rings. The summed E-state index contributed by atoms with van der Waals surface area (Å²) < 4.78 is 18.2. The minimum Gasteiger partial charge on any atom is -0.463 e. The van der Waals surface area contributed by atoms with Crippen LogP contribution < -0.4 is 15.0 Å². The lowest BCUT2D eigenvalue weighted by molar-refractivity contribution is 0.143. The van der Waals surface area contributed by atoms with Crippen LogP contribution in [0.25, 0.3) is 0 Å². The van der Waals surface area contributed by atoms with Crippen LogP contribution in [0.15, 0.2) is 29.2 Å². The molecule has 2 saturated carbocycles. The van der Waals surface area contributed by atoms with Gasteiger partial charge < -0.3 is 20.1 Å². The zero-order valence-corrected chi connectivity index (χ0v) is 19.4. The van der Waals surface area contributed by atoms with Gasteiger partial charge in [-0.05, 0) is 67.6 Å². The van der Waals surface area contributed by atoms with Crippen molar-refractivity contribution in [2.75, 3.05) is 35.9 Å². The summed E-state index contributed by atoms with van der Waals surface area (Å²) in [5.74, 6) is 3.31. The first-order valence-electron chi connectivity index (χ1n) is 11.4. The molecular formula is C23H27ClN4O3S. The molecule has 9 heteroatoms. The molecule has 0 spiro atoms. The molecule has 0 amide bonds. The van der Waals surface area contributed by atoms with E-state index < -0.39 is 10.8 Å². The number of piperidine rings is 1. The average molecular weight is 475 g/mol. The second-order valence-corrected chi connectivity index (χ2v) is 11.4. The fourth-order valence-corrected chi connectivity index (χ4v) is 6.98. The molecule has 0 radical (unpaired) electrons. The van der Waals surface area contributed by atoms with Crippen LogP contribution >= 0.6 is 11.6 Å². The number of hydrogen-bond donors (Lipinski definition) is 2. The third-order valence-electron chi connectivity index (χ3n) is 7.72. The Hall–Kier alpha value is -1.90. The molecule has 2 N–H and O–H groups in total. The van der Waals surface area contributed by atoms with Crippen molar-refractivity contribution in [3.63, 3.8) is 0 Å². The first-order chi connectivity index (χ1) is 15.5. The molecule has 3 heterocycles. The number of aliphatic hydroxyl groups excluding tert-OH is 1. The summed E-state index contributed by atoms with van der Waals surface area (Å²) >= 11 is 6.10. The van der Waals surface area contributed by atoms with E-state index in [0.717, 1.165) is 37.4 Å². The van der Waals surface area contributed by atoms with Crippen molar-refractivity contribution in [1.82, 2.24) is 9.97 Å². The van der Waals surface area contributed by atoms with Gasteiger partial charge in [-0.25, -0.2) is 0 Å². The van der Waals surface area contributed by atoms with Crippen molar-refractivity contribution >= 4 is 34.2 Å². The minimum absolute atomic E-state index is 0.0330. The van der Waals surface area contributed by atoms with Crippen LogP contribution in [-0.2, 0) is 10.8 Å². The maximum atomic E-state index is 12.6. The van der Waals surface area contributed by atoms with E-state index in [9.17, 15) is 9.32 Å². The van der Waals surface area contributed by atoms with Gasteiger partial charge in [0.25, 0.3) is 0 Å². The van der Waals surface area contributed by atoms with Crippen LogP contribution in [0.5, 0.6) is 5.88 Å². The molecule has 2 aromatic rings. The molecule has 2 bridgehead atoms. The third kappa shape index (κ3) is 3.38. The molecule has 1 aromatic carbocycles. The van der Waals surface area contributed by atoms with Crippen molar-refractivity contribution in [1.29, 1.82) is 0 Å². The van der Waals surface area contributed by atoms with Gasteiger partial charge in [-0.1, -0.05) is 23.7 Å². The lowest BCUT2D eigenvalue weighted by atomic mass is 9.77. The Bertz CT molecular complexity index is 1040. The van der Waals surface area contributed by atoms with Crippen molar-refractivity contribution in [3.8, 4) is 5.88 Å². The molecular weight excluding hydrogens is 448 g/mol.